The lowest BCUT2D eigenvalue weighted by molar-refractivity contribution is -0.00977. The highest BCUT2D eigenvalue weighted by Gasteiger charge is 2.48. The summed E-state index contributed by atoms with van der Waals surface area (Å²) >= 11 is 0. The number of aromatic amines is 1. The van der Waals surface area contributed by atoms with E-state index in [0.717, 1.165) is 0 Å². The van der Waals surface area contributed by atoms with Crippen molar-refractivity contribution in [1.82, 2.24) is 4.98 Å². The van der Waals surface area contributed by atoms with Crippen molar-refractivity contribution in [3.05, 3.63) is 22.8 Å². The molecule has 1 aliphatic carbocycles. The summed E-state index contributed by atoms with van der Waals surface area (Å²) in [6.07, 6.45) is -0.481. The summed E-state index contributed by atoms with van der Waals surface area (Å²) in [5, 5.41) is 8.56. The molecule has 1 unspecified atom stereocenters. The number of carboxylic acid groups (broad SMARTS) is 1. The molecule has 0 aromatic carbocycles. The van der Waals surface area contributed by atoms with E-state index in [1.165, 1.54) is 6.92 Å². The fraction of sp³-hybridized carbons (Fsp3) is 0.444. The van der Waals surface area contributed by atoms with Crippen LogP contribution in [0.4, 0.5) is 13.2 Å². The Balaban J connectivity index is 2.65. The van der Waals surface area contributed by atoms with Crippen molar-refractivity contribution in [2.75, 3.05) is 0 Å². The second kappa shape index (κ2) is 2.77. The number of rotatable bonds is 1. The van der Waals surface area contributed by atoms with Gasteiger partial charge in [0.25, 0.3) is 5.92 Å². The topological polar surface area (TPSA) is 53.1 Å². The van der Waals surface area contributed by atoms with Gasteiger partial charge in [0.1, 0.15) is 0 Å². The maximum Gasteiger partial charge on any atom is 0.355 e. The zero-order valence-electron chi connectivity index (χ0n) is 7.77. The van der Waals surface area contributed by atoms with Gasteiger partial charge in [-0.25, -0.2) is 9.18 Å². The van der Waals surface area contributed by atoms with Crippen molar-refractivity contribution in [3.63, 3.8) is 0 Å². The summed E-state index contributed by atoms with van der Waals surface area (Å²) in [5.41, 5.74) is -1.58. The lowest BCUT2D eigenvalue weighted by atomic mass is 10.1. The highest BCUT2D eigenvalue weighted by molar-refractivity contribution is 5.86. The van der Waals surface area contributed by atoms with Crippen LogP contribution in [0.1, 0.15) is 41.0 Å². The molecule has 0 radical (unpaired) electrons. The number of fused-ring (bicyclic) bond motifs is 1. The number of nitrogens with one attached hydrogen (secondary N) is 1. The third-order valence-corrected chi connectivity index (χ3v) is 2.61. The molecule has 0 spiro atoms. The first kappa shape index (κ1) is 10.1. The van der Waals surface area contributed by atoms with Crippen LogP contribution >= 0.6 is 0 Å². The molecule has 0 bridgehead atoms. The molecule has 0 saturated carbocycles. The Bertz CT molecular complexity index is 439. The van der Waals surface area contributed by atoms with Crippen molar-refractivity contribution < 1.29 is 23.1 Å². The van der Waals surface area contributed by atoms with E-state index in [0.29, 0.717) is 0 Å². The molecule has 0 aliphatic heterocycles. The van der Waals surface area contributed by atoms with Gasteiger partial charge in [-0.3, -0.25) is 0 Å². The summed E-state index contributed by atoms with van der Waals surface area (Å²) < 4.78 is 39.9. The molecule has 1 heterocycles. The molecule has 1 aromatic rings. The van der Waals surface area contributed by atoms with Crippen LogP contribution in [-0.2, 0) is 5.92 Å². The maximum atomic E-state index is 13.4. The summed E-state index contributed by atoms with van der Waals surface area (Å²) in [7, 11) is 0. The van der Waals surface area contributed by atoms with Crippen LogP contribution in [0.2, 0.25) is 0 Å². The number of aromatic nitrogens is 1. The first-order valence-electron chi connectivity index (χ1n) is 4.37. The molecule has 1 aromatic heterocycles. The van der Waals surface area contributed by atoms with Gasteiger partial charge in [-0.1, -0.05) is 6.92 Å². The number of halogens is 3. The van der Waals surface area contributed by atoms with Crippen LogP contribution < -0.4 is 0 Å². The van der Waals surface area contributed by atoms with E-state index >= 15 is 0 Å². The van der Waals surface area contributed by atoms with Crippen LogP contribution in [0.15, 0.2) is 0 Å². The smallest absolute Gasteiger partial charge is 0.355 e. The molecule has 2 N–H and O–H groups in total. The van der Waals surface area contributed by atoms with Gasteiger partial charge < -0.3 is 10.1 Å². The lowest BCUT2D eigenvalue weighted by Gasteiger charge is -2.08. The third-order valence-electron chi connectivity index (χ3n) is 2.61. The standard InChI is InChI=1S/C9H8F3NO2/c1-3-2-9(11,12)7-4(3)5(10)6(13-7)8(14)15/h3,13H,2H2,1H3,(H,14,15). The Kier molecular flexibility index (Phi) is 1.86. The van der Waals surface area contributed by atoms with Crippen LogP contribution in [0.25, 0.3) is 0 Å². The summed E-state index contributed by atoms with van der Waals surface area (Å²) in [6.45, 7) is 1.45. The normalized spacial score (nSPS) is 22.8. The Hall–Kier alpha value is -1.46. The third kappa shape index (κ3) is 1.24. The van der Waals surface area contributed by atoms with Gasteiger partial charge in [0.2, 0.25) is 0 Å². The van der Waals surface area contributed by atoms with Gasteiger partial charge in [-0.15, -0.1) is 0 Å². The van der Waals surface area contributed by atoms with E-state index in [9.17, 15) is 18.0 Å². The molecule has 3 nitrogen and oxygen atoms in total. The van der Waals surface area contributed by atoms with E-state index in [-0.39, 0.29) is 5.56 Å². The van der Waals surface area contributed by atoms with Gasteiger partial charge in [0, 0.05) is 12.0 Å². The molecule has 6 heteroatoms. The molecule has 0 saturated heterocycles. The minimum atomic E-state index is -3.16. The maximum absolute atomic E-state index is 13.4. The average Bonchev–Trinajstić information content (AvgIpc) is 2.51. The van der Waals surface area contributed by atoms with Gasteiger partial charge in [0.15, 0.2) is 11.5 Å². The van der Waals surface area contributed by atoms with Crippen molar-refractivity contribution in [2.24, 2.45) is 0 Å². The highest BCUT2D eigenvalue weighted by atomic mass is 19.3. The molecule has 1 aliphatic rings. The molecule has 1 atom stereocenters. The number of H-pyrrole nitrogens is 1. The fourth-order valence-electron chi connectivity index (χ4n) is 1.98. The fourth-order valence-corrected chi connectivity index (χ4v) is 1.98. The van der Waals surface area contributed by atoms with Crippen LogP contribution in [0.5, 0.6) is 0 Å². The molecule has 2 rings (SSSR count). The van der Waals surface area contributed by atoms with E-state index < -0.39 is 41.4 Å². The van der Waals surface area contributed by atoms with Gasteiger partial charge >= 0.3 is 5.97 Å². The second-order valence-electron chi connectivity index (χ2n) is 3.72. The Labute approximate surface area is 82.9 Å². The van der Waals surface area contributed by atoms with E-state index in [1.54, 1.807) is 0 Å². The SMILES string of the molecule is CC1CC(F)(F)c2[nH]c(C(=O)O)c(F)c21. The number of alkyl halides is 2. The summed E-state index contributed by atoms with van der Waals surface area (Å²) in [5.74, 6) is -6.46. The molecular formula is C9H8F3NO2. The lowest BCUT2D eigenvalue weighted by Crippen LogP contribution is -2.10. The number of carbonyl (C=O) groups is 1. The second-order valence-corrected chi connectivity index (χ2v) is 3.72. The Morgan fingerprint density at radius 3 is 2.67 bits per heavy atom. The van der Waals surface area contributed by atoms with Crippen molar-refractivity contribution in [1.29, 1.82) is 0 Å². The van der Waals surface area contributed by atoms with Gasteiger partial charge in [-0.05, 0) is 5.92 Å². The van der Waals surface area contributed by atoms with Gasteiger partial charge in [-0.2, -0.15) is 8.78 Å². The molecule has 0 fully saturated rings. The Morgan fingerprint density at radius 2 is 2.20 bits per heavy atom. The zero-order chi connectivity index (χ0) is 11.4. The minimum absolute atomic E-state index is 0.197. The van der Waals surface area contributed by atoms with Crippen LogP contribution in [0, 0.1) is 5.82 Å². The number of carboxylic acids is 1. The van der Waals surface area contributed by atoms with Crippen molar-refractivity contribution >= 4 is 5.97 Å². The van der Waals surface area contributed by atoms with Crippen LogP contribution in [0.3, 0.4) is 0 Å². The molecule has 82 valence electrons. The monoisotopic (exact) mass is 219 g/mol. The van der Waals surface area contributed by atoms with Crippen molar-refractivity contribution in [3.8, 4) is 0 Å². The largest absolute Gasteiger partial charge is 0.476 e. The Morgan fingerprint density at radius 1 is 1.60 bits per heavy atom. The number of hydrogen-bond donors (Lipinski definition) is 2. The van der Waals surface area contributed by atoms with Crippen LogP contribution in [-0.4, -0.2) is 16.1 Å². The first-order valence-corrected chi connectivity index (χ1v) is 4.37. The molecule has 0 amide bonds. The van der Waals surface area contributed by atoms with Crippen molar-refractivity contribution in [2.45, 2.75) is 25.2 Å². The quantitative estimate of drug-likeness (QED) is 0.762. The summed E-state index contributed by atoms with van der Waals surface area (Å²) in [6, 6.07) is 0. The molecule has 15 heavy (non-hydrogen) atoms. The zero-order valence-corrected chi connectivity index (χ0v) is 7.77. The van der Waals surface area contributed by atoms with Gasteiger partial charge in [0.05, 0.1) is 5.69 Å². The van der Waals surface area contributed by atoms with E-state index in [4.69, 9.17) is 5.11 Å². The first-order chi connectivity index (χ1) is 6.84. The predicted octanol–water partition coefficient (Wildman–Crippen LogP) is 2.45. The number of hydrogen-bond acceptors (Lipinski definition) is 1. The highest BCUT2D eigenvalue weighted by Crippen LogP contribution is 2.49. The van der Waals surface area contributed by atoms with E-state index in [1.807, 2.05) is 4.98 Å². The summed E-state index contributed by atoms with van der Waals surface area (Å²) in [4.78, 5) is 12.5. The molecular weight excluding hydrogens is 211 g/mol. The van der Waals surface area contributed by atoms with E-state index in [2.05, 4.69) is 0 Å². The number of aromatic carboxylic acids is 1. The average molecular weight is 219 g/mol. The predicted molar refractivity (Wildman–Crippen MR) is 44.6 cm³/mol. The minimum Gasteiger partial charge on any atom is -0.476 e.